The van der Waals surface area contributed by atoms with Gasteiger partial charge in [-0.1, -0.05) is 37.5 Å². The minimum Gasteiger partial charge on any atom is -0.384 e. The summed E-state index contributed by atoms with van der Waals surface area (Å²) in [7, 11) is 1.82. The standard InChI is InChI=1S/C19H27N3O/c1-22-18-11-6-5-10-16(18)17(14-19(22)23)21-13-7-12-20-15-8-3-2-4-9-15/h5-6,10-11,14-15,20-21H,2-4,7-9,12-13H2,1H3. The van der Waals surface area contributed by atoms with E-state index in [0.29, 0.717) is 6.04 Å². The van der Waals surface area contributed by atoms with Crippen LogP contribution in [0.2, 0.25) is 0 Å². The van der Waals surface area contributed by atoms with E-state index in [0.717, 1.165) is 36.1 Å². The highest BCUT2D eigenvalue weighted by Crippen LogP contribution is 2.20. The Labute approximate surface area is 137 Å². The Morgan fingerprint density at radius 3 is 2.74 bits per heavy atom. The molecule has 1 aromatic heterocycles. The number of para-hydroxylation sites is 1. The van der Waals surface area contributed by atoms with E-state index in [9.17, 15) is 4.79 Å². The normalized spacial score (nSPS) is 15.9. The van der Waals surface area contributed by atoms with Crippen LogP contribution >= 0.6 is 0 Å². The minimum atomic E-state index is 0.0338. The number of aromatic nitrogens is 1. The molecule has 0 spiro atoms. The van der Waals surface area contributed by atoms with Crippen molar-refractivity contribution in [2.45, 2.75) is 44.6 Å². The van der Waals surface area contributed by atoms with E-state index in [2.05, 4.69) is 16.7 Å². The Morgan fingerprint density at radius 1 is 1.13 bits per heavy atom. The zero-order valence-electron chi connectivity index (χ0n) is 14.0. The van der Waals surface area contributed by atoms with Crippen LogP contribution in [-0.2, 0) is 7.05 Å². The molecular weight excluding hydrogens is 286 g/mol. The zero-order chi connectivity index (χ0) is 16.1. The van der Waals surface area contributed by atoms with E-state index in [1.165, 1.54) is 32.1 Å². The Morgan fingerprint density at radius 2 is 1.91 bits per heavy atom. The summed E-state index contributed by atoms with van der Waals surface area (Å²) < 4.78 is 1.70. The molecule has 1 aliphatic carbocycles. The molecular formula is C19H27N3O. The van der Waals surface area contributed by atoms with E-state index >= 15 is 0 Å². The third-order valence-electron chi connectivity index (χ3n) is 4.86. The van der Waals surface area contributed by atoms with Gasteiger partial charge in [-0.25, -0.2) is 0 Å². The largest absolute Gasteiger partial charge is 0.384 e. The van der Waals surface area contributed by atoms with Gasteiger partial charge in [-0.05, 0) is 31.9 Å². The zero-order valence-corrected chi connectivity index (χ0v) is 14.0. The first-order chi connectivity index (χ1) is 11.3. The van der Waals surface area contributed by atoms with Gasteiger partial charge in [0.05, 0.1) is 5.52 Å². The summed E-state index contributed by atoms with van der Waals surface area (Å²) in [4.78, 5) is 12.1. The van der Waals surface area contributed by atoms with Gasteiger partial charge in [-0.2, -0.15) is 0 Å². The number of anilines is 1. The first-order valence-corrected chi connectivity index (χ1v) is 8.82. The molecule has 0 unspecified atom stereocenters. The van der Waals surface area contributed by atoms with Crippen LogP contribution in [-0.4, -0.2) is 23.7 Å². The van der Waals surface area contributed by atoms with Crippen LogP contribution in [0.1, 0.15) is 38.5 Å². The van der Waals surface area contributed by atoms with Crippen LogP contribution in [0.25, 0.3) is 10.9 Å². The third kappa shape index (κ3) is 3.94. The van der Waals surface area contributed by atoms with Crippen LogP contribution in [0.15, 0.2) is 35.1 Å². The van der Waals surface area contributed by atoms with Crippen molar-refractivity contribution in [2.24, 2.45) is 7.05 Å². The second-order valence-electron chi connectivity index (χ2n) is 6.54. The highest BCUT2D eigenvalue weighted by molar-refractivity contribution is 5.91. The van der Waals surface area contributed by atoms with Gasteiger partial charge in [0.1, 0.15) is 0 Å². The second kappa shape index (κ2) is 7.64. The number of hydrogen-bond donors (Lipinski definition) is 2. The maximum atomic E-state index is 12.1. The molecule has 1 aromatic carbocycles. The predicted molar refractivity (Wildman–Crippen MR) is 97.2 cm³/mol. The SMILES string of the molecule is Cn1c(=O)cc(NCCCNC2CCCCC2)c2ccccc21. The Bertz CT molecular complexity index is 701. The van der Waals surface area contributed by atoms with Gasteiger partial charge in [0.15, 0.2) is 0 Å². The number of nitrogens with zero attached hydrogens (tertiary/aromatic N) is 1. The van der Waals surface area contributed by atoms with Crippen molar-refractivity contribution in [2.75, 3.05) is 18.4 Å². The summed E-state index contributed by atoms with van der Waals surface area (Å²) in [6.45, 7) is 1.93. The highest BCUT2D eigenvalue weighted by Gasteiger charge is 2.11. The minimum absolute atomic E-state index is 0.0338. The lowest BCUT2D eigenvalue weighted by Gasteiger charge is -2.22. The summed E-state index contributed by atoms with van der Waals surface area (Å²) in [5, 5.41) is 8.21. The number of nitrogens with one attached hydrogen (secondary N) is 2. The van der Waals surface area contributed by atoms with Crippen LogP contribution < -0.4 is 16.2 Å². The van der Waals surface area contributed by atoms with Crippen molar-refractivity contribution >= 4 is 16.6 Å². The fourth-order valence-electron chi connectivity index (χ4n) is 3.48. The van der Waals surface area contributed by atoms with Crippen molar-refractivity contribution in [3.05, 3.63) is 40.7 Å². The number of benzene rings is 1. The molecule has 0 amide bonds. The number of rotatable bonds is 6. The van der Waals surface area contributed by atoms with Gasteiger partial charge in [0, 0.05) is 36.8 Å². The van der Waals surface area contributed by atoms with Crippen molar-refractivity contribution in [3.8, 4) is 0 Å². The molecule has 3 rings (SSSR count). The molecule has 0 saturated heterocycles. The fourth-order valence-corrected chi connectivity index (χ4v) is 3.48. The van der Waals surface area contributed by atoms with E-state index in [-0.39, 0.29) is 5.56 Å². The van der Waals surface area contributed by atoms with Gasteiger partial charge in [0.2, 0.25) is 0 Å². The molecule has 124 valence electrons. The molecule has 0 atom stereocenters. The monoisotopic (exact) mass is 313 g/mol. The van der Waals surface area contributed by atoms with E-state index in [4.69, 9.17) is 0 Å². The lowest BCUT2D eigenvalue weighted by atomic mass is 9.95. The molecule has 1 heterocycles. The maximum absolute atomic E-state index is 12.1. The Hall–Kier alpha value is -1.81. The van der Waals surface area contributed by atoms with Gasteiger partial charge < -0.3 is 15.2 Å². The summed E-state index contributed by atoms with van der Waals surface area (Å²) in [6.07, 6.45) is 7.86. The lowest BCUT2D eigenvalue weighted by molar-refractivity contribution is 0.373. The van der Waals surface area contributed by atoms with Crippen molar-refractivity contribution in [3.63, 3.8) is 0 Å². The fraction of sp³-hybridized carbons (Fsp3) is 0.526. The molecule has 1 saturated carbocycles. The predicted octanol–water partition coefficient (Wildman–Crippen LogP) is 3.26. The van der Waals surface area contributed by atoms with Gasteiger partial charge >= 0.3 is 0 Å². The molecule has 1 aliphatic rings. The van der Waals surface area contributed by atoms with E-state index in [1.54, 1.807) is 10.6 Å². The summed E-state index contributed by atoms with van der Waals surface area (Å²) in [5.41, 5.74) is 1.95. The topological polar surface area (TPSA) is 46.1 Å². The van der Waals surface area contributed by atoms with Gasteiger partial charge in [-0.15, -0.1) is 0 Å². The maximum Gasteiger partial charge on any atom is 0.252 e. The number of pyridine rings is 1. The summed E-state index contributed by atoms with van der Waals surface area (Å²) in [5.74, 6) is 0. The molecule has 0 radical (unpaired) electrons. The molecule has 4 nitrogen and oxygen atoms in total. The van der Waals surface area contributed by atoms with Crippen LogP contribution in [0.5, 0.6) is 0 Å². The Balaban J connectivity index is 1.55. The summed E-state index contributed by atoms with van der Waals surface area (Å²) in [6, 6.07) is 10.5. The molecule has 1 fully saturated rings. The molecule has 0 aliphatic heterocycles. The van der Waals surface area contributed by atoms with Gasteiger partial charge in [-0.3, -0.25) is 4.79 Å². The van der Waals surface area contributed by atoms with Crippen molar-refractivity contribution in [1.29, 1.82) is 0 Å². The smallest absolute Gasteiger partial charge is 0.252 e. The van der Waals surface area contributed by atoms with Crippen molar-refractivity contribution < 1.29 is 0 Å². The van der Waals surface area contributed by atoms with Crippen LogP contribution in [0, 0.1) is 0 Å². The first-order valence-electron chi connectivity index (χ1n) is 8.82. The molecule has 4 heteroatoms. The van der Waals surface area contributed by atoms with Gasteiger partial charge in [0.25, 0.3) is 5.56 Å². The van der Waals surface area contributed by atoms with Crippen molar-refractivity contribution in [1.82, 2.24) is 9.88 Å². The molecule has 0 bridgehead atoms. The number of fused-ring (bicyclic) bond motifs is 1. The molecule has 2 N–H and O–H groups in total. The average molecular weight is 313 g/mol. The Kier molecular flexibility index (Phi) is 5.34. The first kappa shape index (κ1) is 16.1. The number of hydrogen-bond acceptors (Lipinski definition) is 3. The van der Waals surface area contributed by atoms with Crippen LogP contribution in [0.4, 0.5) is 5.69 Å². The highest BCUT2D eigenvalue weighted by atomic mass is 16.1. The quantitative estimate of drug-likeness (QED) is 0.805. The third-order valence-corrected chi connectivity index (χ3v) is 4.86. The molecule has 2 aromatic rings. The van der Waals surface area contributed by atoms with E-state index in [1.807, 2.05) is 25.2 Å². The molecule has 23 heavy (non-hydrogen) atoms. The average Bonchev–Trinajstić information content (AvgIpc) is 2.60. The summed E-state index contributed by atoms with van der Waals surface area (Å²) >= 11 is 0. The second-order valence-corrected chi connectivity index (χ2v) is 6.54. The lowest BCUT2D eigenvalue weighted by Crippen LogP contribution is -2.32. The number of aryl methyl sites for hydroxylation is 1. The van der Waals surface area contributed by atoms with Crippen LogP contribution in [0.3, 0.4) is 0 Å². The van der Waals surface area contributed by atoms with E-state index < -0.39 is 0 Å².